The molecule has 0 radical (unpaired) electrons. The number of hydrogen-bond acceptors (Lipinski definition) is 3. The summed E-state index contributed by atoms with van der Waals surface area (Å²) in [6, 6.07) is 4.92. The number of amides is 1. The van der Waals surface area contributed by atoms with Gasteiger partial charge in [-0.05, 0) is 12.1 Å². The van der Waals surface area contributed by atoms with Gasteiger partial charge in [0.05, 0.1) is 24.4 Å². The topological polar surface area (TPSA) is 62.1 Å². The van der Waals surface area contributed by atoms with Gasteiger partial charge in [0.25, 0.3) is 0 Å². The summed E-state index contributed by atoms with van der Waals surface area (Å²) < 4.78 is 66.2. The molecule has 20 heavy (non-hydrogen) atoms. The number of nitrogens with one attached hydrogen (secondary N) is 1. The summed E-state index contributed by atoms with van der Waals surface area (Å²) in [7, 11) is 1.11. The zero-order chi connectivity index (χ0) is 15.6. The molecule has 0 spiro atoms. The van der Waals surface area contributed by atoms with Crippen LogP contribution < -0.4 is 10.1 Å². The highest BCUT2D eigenvalue weighted by atomic mass is 19.4. The predicted octanol–water partition coefficient (Wildman–Crippen LogP) is 2.70. The maximum atomic E-state index is 12.8. The largest absolute Gasteiger partial charge is 0.495 e. The van der Waals surface area contributed by atoms with Crippen molar-refractivity contribution < 1.29 is 31.5 Å². The molecule has 0 bridgehead atoms. The Morgan fingerprint density at radius 2 is 1.90 bits per heavy atom. The summed E-state index contributed by atoms with van der Waals surface area (Å²) in [5, 5.41) is 10.0. The number of nitriles is 1. The number of ether oxygens (including phenoxy) is 1. The Labute approximate surface area is 109 Å². The highest BCUT2D eigenvalue weighted by molar-refractivity contribution is 5.97. The molecule has 0 saturated heterocycles. The van der Waals surface area contributed by atoms with Crippen LogP contribution in [0.2, 0.25) is 0 Å². The van der Waals surface area contributed by atoms with Crippen molar-refractivity contribution in [2.24, 2.45) is 0 Å². The molecule has 1 N–H and O–H groups in total. The van der Waals surface area contributed by atoms with Crippen LogP contribution in [-0.4, -0.2) is 25.1 Å². The summed E-state index contributed by atoms with van der Waals surface area (Å²) in [5.74, 6) is -8.28. The smallest absolute Gasteiger partial charge is 0.463 e. The van der Waals surface area contributed by atoms with E-state index >= 15 is 0 Å². The first-order valence-corrected chi connectivity index (χ1v) is 4.97. The number of anilines is 1. The number of carbonyl (C=O) groups is 1. The van der Waals surface area contributed by atoms with Crippen LogP contribution in [0.3, 0.4) is 0 Å². The van der Waals surface area contributed by atoms with E-state index in [9.17, 15) is 26.7 Å². The van der Waals surface area contributed by atoms with E-state index < -0.39 is 23.7 Å². The average Bonchev–Trinajstić information content (AvgIpc) is 2.37. The molecule has 1 aromatic rings. The molecule has 0 unspecified atom stereocenters. The summed E-state index contributed by atoms with van der Waals surface area (Å²) in [4.78, 5) is 11.0. The van der Waals surface area contributed by atoms with Gasteiger partial charge >= 0.3 is 18.0 Å². The molecule has 0 aliphatic rings. The van der Waals surface area contributed by atoms with Gasteiger partial charge in [0.1, 0.15) is 5.75 Å². The van der Waals surface area contributed by atoms with E-state index in [1.807, 2.05) is 0 Å². The molecule has 0 heterocycles. The van der Waals surface area contributed by atoms with Crippen LogP contribution in [0.4, 0.5) is 27.6 Å². The lowest BCUT2D eigenvalue weighted by atomic mass is 10.2. The van der Waals surface area contributed by atoms with Gasteiger partial charge in [0.2, 0.25) is 0 Å². The summed E-state index contributed by atoms with van der Waals surface area (Å²) in [6.07, 6.45) is -6.00. The quantitative estimate of drug-likeness (QED) is 0.872. The molecule has 9 heteroatoms. The van der Waals surface area contributed by atoms with E-state index in [4.69, 9.17) is 10.00 Å². The third-order valence-electron chi connectivity index (χ3n) is 2.22. The molecule has 1 amide bonds. The number of benzene rings is 1. The molecule has 0 atom stereocenters. The maximum absolute atomic E-state index is 12.8. The lowest BCUT2D eigenvalue weighted by Crippen LogP contribution is -2.47. The van der Waals surface area contributed by atoms with Crippen molar-refractivity contribution in [2.75, 3.05) is 12.4 Å². The van der Waals surface area contributed by atoms with Gasteiger partial charge < -0.3 is 10.1 Å². The zero-order valence-electron chi connectivity index (χ0n) is 9.89. The molecule has 0 saturated carbocycles. The van der Waals surface area contributed by atoms with Gasteiger partial charge in [-0.2, -0.15) is 27.2 Å². The number of alkyl halides is 5. The van der Waals surface area contributed by atoms with Crippen LogP contribution in [0, 0.1) is 11.3 Å². The molecule has 1 rings (SSSR count). The van der Waals surface area contributed by atoms with E-state index in [2.05, 4.69) is 0 Å². The van der Waals surface area contributed by atoms with Crippen molar-refractivity contribution in [2.45, 2.75) is 12.1 Å². The Morgan fingerprint density at radius 3 is 2.35 bits per heavy atom. The SMILES string of the molecule is COc1cc(C#N)ccc1NC(=O)C(F)(F)C(F)(F)F. The van der Waals surface area contributed by atoms with E-state index in [0.29, 0.717) is 0 Å². The van der Waals surface area contributed by atoms with Gasteiger partial charge in [-0.15, -0.1) is 0 Å². The lowest BCUT2D eigenvalue weighted by Gasteiger charge is -2.19. The zero-order valence-corrected chi connectivity index (χ0v) is 9.89. The van der Waals surface area contributed by atoms with Crippen LogP contribution in [0.5, 0.6) is 5.75 Å². The monoisotopic (exact) mass is 294 g/mol. The Morgan fingerprint density at radius 1 is 1.30 bits per heavy atom. The first-order valence-electron chi connectivity index (χ1n) is 4.97. The number of hydrogen-bond donors (Lipinski definition) is 1. The van der Waals surface area contributed by atoms with Gasteiger partial charge in [-0.3, -0.25) is 4.79 Å². The summed E-state index contributed by atoms with van der Waals surface area (Å²) in [6.45, 7) is 0. The minimum absolute atomic E-state index is 0.0856. The third-order valence-corrected chi connectivity index (χ3v) is 2.22. The normalized spacial score (nSPS) is 11.7. The van der Waals surface area contributed by atoms with Gasteiger partial charge in [-0.25, -0.2) is 0 Å². The Balaban J connectivity index is 3.06. The van der Waals surface area contributed by atoms with Gasteiger partial charge in [-0.1, -0.05) is 0 Å². The number of nitrogens with zero attached hydrogens (tertiary/aromatic N) is 1. The number of halogens is 5. The highest BCUT2D eigenvalue weighted by Gasteiger charge is 2.63. The summed E-state index contributed by atoms with van der Waals surface area (Å²) in [5.41, 5.74) is -0.317. The van der Waals surface area contributed by atoms with Crippen molar-refractivity contribution in [1.82, 2.24) is 0 Å². The number of carbonyl (C=O) groups excluding carboxylic acids is 1. The predicted molar refractivity (Wildman–Crippen MR) is 57.3 cm³/mol. The van der Waals surface area contributed by atoms with Crippen molar-refractivity contribution in [3.63, 3.8) is 0 Å². The van der Waals surface area contributed by atoms with E-state index in [-0.39, 0.29) is 11.3 Å². The first-order chi connectivity index (χ1) is 9.13. The fourth-order valence-electron chi connectivity index (χ4n) is 1.19. The van der Waals surface area contributed by atoms with Crippen LogP contribution >= 0.6 is 0 Å². The van der Waals surface area contributed by atoms with Crippen molar-refractivity contribution in [1.29, 1.82) is 5.26 Å². The second kappa shape index (κ2) is 5.32. The maximum Gasteiger partial charge on any atom is 0.463 e. The standard InChI is InChI=1S/C11H7F5N2O2/c1-20-8-4-6(5-17)2-3-7(8)18-9(19)10(12,13)11(14,15)16/h2-4H,1H3,(H,18,19). The minimum atomic E-state index is -6.00. The van der Waals surface area contributed by atoms with Gasteiger partial charge in [0, 0.05) is 6.07 Å². The Bertz CT molecular complexity index is 563. The minimum Gasteiger partial charge on any atom is -0.495 e. The van der Waals surface area contributed by atoms with Crippen LogP contribution in [0.1, 0.15) is 5.56 Å². The van der Waals surface area contributed by atoms with Crippen LogP contribution in [0.15, 0.2) is 18.2 Å². The fourth-order valence-corrected chi connectivity index (χ4v) is 1.19. The summed E-state index contributed by atoms with van der Waals surface area (Å²) >= 11 is 0. The number of rotatable bonds is 3. The second-order valence-electron chi connectivity index (χ2n) is 3.55. The second-order valence-corrected chi connectivity index (χ2v) is 3.55. The van der Waals surface area contributed by atoms with E-state index in [1.54, 1.807) is 6.07 Å². The first kappa shape index (κ1) is 15.7. The average molecular weight is 294 g/mol. The van der Waals surface area contributed by atoms with Gasteiger partial charge in [0.15, 0.2) is 0 Å². The van der Waals surface area contributed by atoms with Crippen LogP contribution in [0.25, 0.3) is 0 Å². The molecular weight excluding hydrogens is 287 g/mol. The van der Waals surface area contributed by atoms with Crippen LogP contribution in [-0.2, 0) is 4.79 Å². The van der Waals surface area contributed by atoms with Crippen molar-refractivity contribution in [3.05, 3.63) is 23.8 Å². The molecule has 0 fully saturated rings. The lowest BCUT2D eigenvalue weighted by molar-refractivity contribution is -0.267. The molecule has 0 aliphatic carbocycles. The molecular formula is C11H7F5N2O2. The molecule has 108 valence electrons. The van der Waals surface area contributed by atoms with E-state index in [1.165, 1.54) is 5.32 Å². The fraction of sp³-hybridized carbons (Fsp3) is 0.273. The Kier molecular flexibility index (Phi) is 4.17. The molecule has 4 nitrogen and oxygen atoms in total. The van der Waals surface area contributed by atoms with Crippen molar-refractivity contribution in [3.8, 4) is 11.8 Å². The highest BCUT2D eigenvalue weighted by Crippen LogP contribution is 2.37. The Hall–Kier alpha value is -2.37. The van der Waals surface area contributed by atoms with E-state index in [0.717, 1.165) is 25.3 Å². The number of methoxy groups -OCH3 is 1. The molecule has 0 aromatic heterocycles. The molecule has 0 aliphatic heterocycles. The van der Waals surface area contributed by atoms with Crippen molar-refractivity contribution >= 4 is 11.6 Å². The third kappa shape index (κ3) is 2.96. The molecule has 1 aromatic carbocycles.